The van der Waals surface area contributed by atoms with Crippen LogP contribution in [0.2, 0.25) is 0 Å². The molecule has 2 aliphatic heterocycles. The maximum Gasteiger partial charge on any atom is 0.135 e. The smallest absolute Gasteiger partial charge is 0.135 e. The second-order valence-electron chi connectivity index (χ2n) is 12.3. The quantitative estimate of drug-likeness (QED) is 0.210. The molecule has 0 radical (unpaired) electrons. The van der Waals surface area contributed by atoms with Crippen LogP contribution in [0, 0.1) is 0 Å². The summed E-state index contributed by atoms with van der Waals surface area (Å²) >= 11 is 0. The lowest BCUT2D eigenvalue weighted by Gasteiger charge is -2.32. The molecule has 4 nitrogen and oxygen atoms in total. The molecule has 47 heavy (non-hydrogen) atoms. The fourth-order valence-electron chi connectivity index (χ4n) is 7.32. The standard InChI is InChI=1S/C43H33N3O/c1-3-13-28(14-4-1)41-44-42(29-15-5-2-6-16-29)46-43(45-41)31-18-11-17-30(27-31)32-25-26-37-34-20-8-10-24-39(34)47-38-23-9-7-19-33(38)36-22-12-21-35(32)40(36)37/h1-21,23-27,36,41,43,45H,22H2,(H,44,46). The van der Waals surface area contributed by atoms with Crippen LogP contribution in [0.3, 0.4) is 0 Å². The summed E-state index contributed by atoms with van der Waals surface area (Å²) in [6.45, 7) is 0. The number of benzene rings is 6. The lowest BCUT2D eigenvalue weighted by molar-refractivity contribution is 0.409. The zero-order valence-corrected chi connectivity index (χ0v) is 25.8. The first-order chi connectivity index (χ1) is 23.3. The minimum atomic E-state index is -0.225. The first-order valence-electron chi connectivity index (χ1n) is 16.3. The topological polar surface area (TPSA) is 45.7 Å². The zero-order valence-electron chi connectivity index (χ0n) is 25.8. The molecule has 1 aliphatic carbocycles. The van der Waals surface area contributed by atoms with Crippen molar-refractivity contribution in [3.8, 4) is 33.8 Å². The number of fused-ring (bicyclic) bond motifs is 4. The number of ether oxygens (including phenoxy) is 1. The molecule has 9 rings (SSSR count). The van der Waals surface area contributed by atoms with Crippen LogP contribution in [0.1, 0.15) is 58.1 Å². The summed E-state index contributed by atoms with van der Waals surface area (Å²) in [7, 11) is 0. The molecule has 2 N–H and O–H groups in total. The average molecular weight is 608 g/mol. The van der Waals surface area contributed by atoms with Gasteiger partial charge in [0.05, 0.1) is 0 Å². The summed E-state index contributed by atoms with van der Waals surface area (Å²) < 4.78 is 6.57. The molecule has 3 unspecified atom stereocenters. The van der Waals surface area contributed by atoms with E-state index in [9.17, 15) is 0 Å². The van der Waals surface area contributed by atoms with E-state index < -0.39 is 0 Å². The summed E-state index contributed by atoms with van der Waals surface area (Å²) in [5, 5.41) is 7.42. The Morgan fingerprint density at radius 3 is 2.17 bits per heavy atom. The highest BCUT2D eigenvalue weighted by Gasteiger charge is 2.31. The van der Waals surface area contributed by atoms with Gasteiger partial charge in [0.25, 0.3) is 0 Å². The lowest BCUT2D eigenvalue weighted by Crippen LogP contribution is -2.44. The molecule has 3 aliphatic rings. The van der Waals surface area contributed by atoms with Gasteiger partial charge in [0, 0.05) is 22.6 Å². The van der Waals surface area contributed by atoms with Crippen LogP contribution in [0.5, 0.6) is 11.5 Å². The van der Waals surface area contributed by atoms with Crippen LogP contribution in [0.25, 0.3) is 28.3 Å². The Morgan fingerprint density at radius 1 is 0.596 bits per heavy atom. The van der Waals surface area contributed by atoms with Gasteiger partial charge in [-0.15, -0.1) is 0 Å². The number of amidine groups is 1. The van der Waals surface area contributed by atoms with E-state index in [1.807, 2.05) is 6.07 Å². The van der Waals surface area contributed by atoms with Gasteiger partial charge in [0.15, 0.2) is 0 Å². The van der Waals surface area contributed by atoms with Gasteiger partial charge in [-0.25, -0.2) is 4.99 Å². The van der Waals surface area contributed by atoms with Gasteiger partial charge in [-0.3, -0.25) is 5.32 Å². The Balaban J connectivity index is 1.17. The first kappa shape index (κ1) is 27.6. The van der Waals surface area contributed by atoms with Gasteiger partial charge in [-0.1, -0.05) is 140 Å². The zero-order chi connectivity index (χ0) is 31.2. The summed E-state index contributed by atoms with van der Waals surface area (Å²) in [6, 6.07) is 51.3. The Morgan fingerprint density at radius 2 is 1.30 bits per heavy atom. The van der Waals surface area contributed by atoms with E-state index in [1.54, 1.807) is 0 Å². The van der Waals surface area contributed by atoms with Crippen LogP contribution >= 0.6 is 0 Å². The van der Waals surface area contributed by atoms with Crippen LogP contribution < -0.4 is 15.4 Å². The fraction of sp³-hybridized carbons (Fsp3) is 0.0930. The highest BCUT2D eigenvalue weighted by atomic mass is 16.5. The van der Waals surface area contributed by atoms with Gasteiger partial charge in [0.2, 0.25) is 0 Å². The minimum Gasteiger partial charge on any atom is -0.456 e. The number of para-hydroxylation sites is 2. The maximum absolute atomic E-state index is 6.57. The minimum absolute atomic E-state index is 0.0822. The predicted octanol–water partition coefficient (Wildman–Crippen LogP) is 10.0. The molecule has 4 heteroatoms. The molecule has 226 valence electrons. The van der Waals surface area contributed by atoms with Gasteiger partial charge >= 0.3 is 0 Å². The molecule has 3 atom stereocenters. The van der Waals surface area contributed by atoms with E-state index in [-0.39, 0.29) is 18.2 Å². The fourth-order valence-corrected chi connectivity index (χ4v) is 7.32. The van der Waals surface area contributed by atoms with Crippen molar-refractivity contribution < 1.29 is 4.74 Å². The van der Waals surface area contributed by atoms with Gasteiger partial charge in [-0.2, -0.15) is 0 Å². The normalized spacial score (nSPS) is 19.1. The SMILES string of the molecule is C1=Cc2c(-c3cccc(C4N=C(c5ccccc5)NC(c5ccccc5)N4)c3)ccc3c2C(C1)c1ccccc1Oc1ccccc1-3. The second kappa shape index (κ2) is 11.6. The molecule has 0 amide bonds. The van der Waals surface area contributed by atoms with Crippen molar-refractivity contribution in [3.05, 3.63) is 185 Å². The van der Waals surface area contributed by atoms with Crippen molar-refractivity contribution >= 4 is 11.9 Å². The molecule has 0 spiro atoms. The molecule has 6 aromatic carbocycles. The first-order valence-corrected chi connectivity index (χ1v) is 16.3. The van der Waals surface area contributed by atoms with Crippen LogP contribution in [-0.4, -0.2) is 5.84 Å². The number of allylic oxidation sites excluding steroid dienone is 1. The van der Waals surface area contributed by atoms with Gasteiger partial charge < -0.3 is 10.1 Å². The number of hydrogen-bond donors (Lipinski definition) is 2. The van der Waals surface area contributed by atoms with Crippen molar-refractivity contribution in [1.29, 1.82) is 0 Å². The Bertz CT molecular complexity index is 2170. The third-order valence-electron chi connectivity index (χ3n) is 9.54. The van der Waals surface area contributed by atoms with E-state index in [2.05, 4.69) is 162 Å². The summed E-state index contributed by atoms with van der Waals surface area (Å²) in [5.74, 6) is 2.91. The molecule has 6 aromatic rings. The van der Waals surface area contributed by atoms with E-state index >= 15 is 0 Å². The van der Waals surface area contributed by atoms with E-state index in [0.29, 0.717) is 0 Å². The molecule has 0 fully saturated rings. The molecular formula is C43H33N3O. The van der Waals surface area contributed by atoms with Gasteiger partial charge in [0.1, 0.15) is 29.7 Å². The second-order valence-corrected chi connectivity index (χ2v) is 12.3. The van der Waals surface area contributed by atoms with E-state index in [0.717, 1.165) is 40.4 Å². The van der Waals surface area contributed by atoms with E-state index in [4.69, 9.17) is 9.73 Å². The summed E-state index contributed by atoms with van der Waals surface area (Å²) in [5.41, 5.74) is 12.0. The number of aliphatic imine (C=N–C) groups is 1. The third kappa shape index (κ3) is 4.95. The van der Waals surface area contributed by atoms with Crippen molar-refractivity contribution in [1.82, 2.24) is 10.6 Å². The largest absolute Gasteiger partial charge is 0.456 e. The number of hydrogen-bond acceptors (Lipinski definition) is 4. The summed E-state index contributed by atoms with van der Waals surface area (Å²) in [4.78, 5) is 5.21. The Hall–Kier alpha value is -5.71. The summed E-state index contributed by atoms with van der Waals surface area (Å²) in [6.07, 6.45) is 5.27. The van der Waals surface area contributed by atoms with E-state index in [1.165, 1.54) is 38.9 Å². The monoisotopic (exact) mass is 607 g/mol. The lowest BCUT2D eigenvalue weighted by atomic mass is 9.75. The molecule has 0 aromatic heterocycles. The van der Waals surface area contributed by atoms with Crippen molar-refractivity contribution in [2.75, 3.05) is 0 Å². The van der Waals surface area contributed by atoms with Crippen molar-refractivity contribution in [2.24, 2.45) is 4.99 Å². The number of nitrogens with one attached hydrogen (secondary N) is 2. The molecule has 0 saturated heterocycles. The highest BCUT2D eigenvalue weighted by molar-refractivity contribution is 5.99. The maximum atomic E-state index is 6.57. The van der Waals surface area contributed by atoms with Gasteiger partial charge in [-0.05, 0) is 63.6 Å². The Kier molecular flexibility index (Phi) is 6.80. The van der Waals surface area contributed by atoms with Crippen LogP contribution in [0.15, 0.2) is 157 Å². The average Bonchev–Trinajstić information content (AvgIpc) is 3.15. The molecule has 2 heterocycles. The third-order valence-corrected chi connectivity index (χ3v) is 9.54. The number of nitrogens with zero attached hydrogens (tertiary/aromatic N) is 1. The van der Waals surface area contributed by atoms with Crippen LogP contribution in [-0.2, 0) is 0 Å². The molecule has 0 saturated carbocycles. The van der Waals surface area contributed by atoms with Crippen molar-refractivity contribution in [3.63, 3.8) is 0 Å². The molecular weight excluding hydrogens is 574 g/mol. The molecule has 0 bridgehead atoms. The van der Waals surface area contributed by atoms with Crippen LogP contribution in [0.4, 0.5) is 0 Å². The Labute approximate surface area is 275 Å². The predicted molar refractivity (Wildman–Crippen MR) is 190 cm³/mol. The highest BCUT2D eigenvalue weighted by Crippen LogP contribution is 2.51. The van der Waals surface area contributed by atoms with Crippen molar-refractivity contribution in [2.45, 2.75) is 24.7 Å². The number of rotatable bonds is 4.